The molecule has 5 heteroatoms. The van der Waals surface area contributed by atoms with Gasteiger partial charge in [0.2, 0.25) is 0 Å². The minimum Gasteiger partial charge on any atom is -0.748 e. The third-order valence-corrected chi connectivity index (χ3v) is 4.92. The van der Waals surface area contributed by atoms with Gasteiger partial charge in [-0.2, -0.15) is 0 Å². The number of hydrogen-bond donors (Lipinski definition) is 0. The van der Waals surface area contributed by atoms with Gasteiger partial charge < -0.3 is 9.04 Å². The Bertz CT molecular complexity index is 381. The third-order valence-electron chi connectivity index (χ3n) is 4.13. The molecule has 4 nitrogen and oxygen atoms in total. The first kappa shape index (κ1) is 16.7. The van der Waals surface area contributed by atoms with Gasteiger partial charge in [0.1, 0.15) is 0 Å². The highest BCUT2D eigenvalue weighted by Gasteiger charge is 2.26. The van der Waals surface area contributed by atoms with E-state index in [0.29, 0.717) is 12.3 Å². The first-order valence-electron chi connectivity index (χ1n) is 7.10. The molecule has 1 aliphatic carbocycles. The van der Waals surface area contributed by atoms with E-state index in [1.54, 1.807) is 0 Å². The molecule has 0 bridgehead atoms. The predicted octanol–water partition coefficient (Wildman–Crippen LogP) is 1.99. The Balaban J connectivity index is 2.32. The van der Waals surface area contributed by atoms with Crippen LogP contribution in [0.2, 0.25) is 0 Å². The van der Waals surface area contributed by atoms with Gasteiger partial charge in [-0.05, 0) is 31.6 Å². The van der Waals surface area contributed by atoms with E-state index in [-0.39, 0.29) is 5.75 Å². The van der Waals surface area contributed by atoms with Gasteiger partial charge in [-0.1, -0.05) is 6.08 Å². The highest BCUT2D eigenvalue weighted by Crippen LogP contribution is 2.30. The number of allylic oxidation sites excluding steroid dienone is 1. The highest BCUT2D eigenvalue weighted by atomic mass is 32.2. The maximum Gasteiger partial charge on any atom is 0.0948 e. The Morgan fingerprint density at radius 3 is 2.32 bits per heavy atom. The van der Waals surface area contributed by atoms with Gasteiger partial charge >= 0.3 is 0 Å². The molecule has 1 rings (SSSR count). The van der Waals surface area contributed by atoms with Crippen molar-refractivity contribution in [1.29, 1.82) is 0 Å². The van der Waals surface area contributed by atoms with E-state index in [1.165, 1.54) is 25.7 Å². The average molecular weight is 289 g/mol. The molecule has 1 fully saturated rings. The normalized spacial score (nSPS) is 25.2. The summed E-state index contributed by atoms with van der Waals surface area (Å²) in [6.07, 6.45) is 7.44. The van der Waals surface area contributed by atoms with Crippen molar-refractivity contribution < 1.29 is 17.5 Å². The van der Waals surface area contributed by atoms with Crippen LogP contribution in [0.5, 0.6) is 0 Å². The van der Waals surface area contributed by atoms with Gasteiger partial charge in [-0.25, -0.2) is 8.42 Å². The third kappa shape index (κ3) is 7.09. The van der Waals surface area contributed by atoms with Gasteiger partial charge in [0.05, 0.1) is 37.3 Å². The minimum atomic E-state index is -4.06. The zero-order valence-electron chi connectivity index (χ0n) is 12.2. The zero-order chi connectivity index (χ0) is 14.5. The second-order valence-corrected chi connectivity index (χ2v) is 8.00. The maximum atomic E-state index is 10.6. The summed E-state index contributed by atoms with van der Waals surface area (Å²) in [5, 5.41) is 0. The Hall–Kier alpha value is -0.390. The van der Waals surface area contributed by atoms with Crippen LogP contribution in [0.4, 0.5) is 0 Å². The van der Waals surface area contributed by atoms with Gasteiger partial charge in [-0.3, -0.25) is 0 Å². The lowest BCUT2D eigenvalue weighted by molar-refractivity contribution is -0.893. The fourth-order valence-corrected chi connectivity index (χ4v) is 3.55. The van der Waals surface area contributed by atoms with Crippen molar-refractivity contribution in [2.45, 2.75) is 32.1 Å². The fraction of sp³-hybridized carbons (Fsp3) is 0.857. The van der Waals surface area contributed by atoms with Gasteiger partial charge in [0.15, 0.2) is 0 Å². The van der Waals surface area contributed by atoms with Crippen molar-refractivity contribution in [3.8, 4) is 0 Å². The van der Waals surface area contributed by atoms with Crippen LogP contribution in [0.15, 0.2) is 12.7 Å². The first-order valence-corrected chi connectivity index (χ1v) is 8.68. The summed E-state index contributed by atoms with van der Waals surface area (Å²) < 4.78 is 32.6. The predicted molar refractivity (Wildman–Crippen MR) is 76.7 cm³/mol. The lowest BCUT2D eigenvalue weighted by Crippen LogP contribution is -2.45. The van der Waals surface area contributed by atoms with E-state index in [4.69, 9.17) is 0 Å². The SMILES string of the molecule is C=CC1CCC(C[N+](C)(C)CCCS(=O)(=O)[O-])CC1. The van der Waals surface area contributed by atoms with Gasteiger partial charge in [-0.15, -0.1) is 6.58 Å². The Labute approximate surface area is 117 Å². The van der Waals surface area contributed by atoms with E-state index < -0.39 is 10.1 Å². The summed E-state index contributed by atoms with van der Waals surface area (Å²) in [6, 6.07) is 0. The topological polar surface area (TPSA) is 57.2 Å². The van der Waals surface area contributed by atoms with E-state index in [0.717, 1.165) is 23.5 Å². The van der Waals surface area contributed by atoms with Gasteiger partial charge in [0, 0.05) is 18.1 Å². The van der Waals surface area contributed by atoms with Crippen LogP contribution in [-0.2, 0) is 10.1 Å². The molecule has 0 spiro atoms. The summed E-state index contributed by atoms with van der Waals surface area (Å²) in [5.41, 5.74) is 0. The van der Waals surface area contributed by atoms with E-state index in [9.17, 15) is 13.0 Å². The van der Waals surface area contributed by atoms with E-state index >= 15 is 0 Å². The highest BCUT2D eigenvalue weighted by molar-refractivity contribution is 7.85. The molecule has 0 aliphatic heterocycles. The van der Waals surface area contributed by atoms with Crippen molar-refractivity contribution in [1.82, 2.24) is 0 Å². The second-order valence-electron chi connectivity index (χ2n) is 6.47. The van der Waals surface area contributed by atoms with Crippen LogP contribution in [0.25, 0.3) is 0 Å². The van der Waals surface area contributed by atoms with Crippen molar-refractivity contribution in [3.05, 3.63) is 12.7 Å². The smallest absolute Gasteiger partial charge is 0.0948 e. The molecule has 1 saturated carbocycles. The maximum absolute atomic E-state index is 10.6. The average Bonchev–Trinajstić information content (AvgIpc) is 2.27. The zero-order valence-corrected chi connectivity index (χ0v) is 13.0. The summed E-state index contributed by atoms with van der Waals surface area (Å²) >= 11 is 0. The summed E-state index contributed by atoms with van der Waals surface area (Å²) in [4.78, 5) is 0. The lowest BCUT2D eigenvalue weighted by Gasteiger charge is -2.36. The molecule has 0 N–H and O–H groups in total. The molecule has 19 heavy (non-hydrogen) atoms. The van der Waals surface area contributed by atoms with Crippen LogP contribution < -0.4 is 0 Å². The van der Waals surface area contributed by atoms with Crippen LogP contribution in [0.1, 0.15) is 32.1 Å². The van der Waals surface area contributed by atoms with Crippen molar-refractivity contribution in [2.24, 2.45) is 11.8 Å². The molecule has 0 radical (unpaired) electrons. The van der Waals surface area contributed by atoms with Crippen molar-refractivity contribution in [2.75, 3.05) is 32.9 Å². The number of nitrogens with zero attached hydrogens (tertiary/aromatic N) is 1. The number of rotatable bonds is 7. The molecule has 1 aliphatic rings. The Kier molecular flexibility index (Phi) is 6.02. The quantitative estimate of drug-likeness (QED) is 0.409. The molecule has 0 saturated heterocycles. The molecule has 0 aromatic carbocycles. The molecule has 0 heterocycles. The monoisotopic (exact) mass is 289 g/mol. The van der Waals surface area contributed by atoms with Crippen LogP contribution in [0, 0.1) is 11.8 Å². The molecule has 112 valence electrons. The van der Waals surface area contributed by atoms with E-state index in [2.05, 4.69) is 26.8 Å². The molecule has 0 atom stereocenters. The van der Waals surface area contributed by atoms with Crippen LogP contribution >= 0.6 is 0 Å². The Morgan fingerprint density at radius 2 is 1.84 bits per heavy atom. The minimum absolute atomic E-state index is 0.238. The first-order chi connectivity index (χ1) is 8.72. The lowest BCUT2D eigenvalue weighted by atomic mass is 9.81. The molecular weight excluding hydrogens is 262 g/mol. The summed E-state index contributed by atoms with van der Waals surface area (Å²) in [7, 11) is 0.183. The standard InChI is InChI=1S/C14H27NO3S/c1-4-13-6-8-14(9-7-13)12-15(2,3)10-5-11-19(16,17)18/h4,13-14H,1,5-12H2,2-3H3. The van der Waals surface area contributed by atoms with Gasteiger partial charge in [0.25, 0.3) is 0 Å². The molecule has 0 aromatic heterocycles. The summed E-state index contributed by atoms with van der Waals surface area (Å²) in [6.45, 7) is 5.68. The number of quaternary nitrogens is 1. The molecule has 0 unspecified atom stereocenters. The largest absolute Gasteiger partial charge is 0.748 e. The second kappa shape index (κ2) is 6.86. The van der Waals surface area contributed by atoms with Crippen LogP contribution in [0.3, 0.4) is 0 Å². The summed E-state index contributed by atoms with van der Waals surface area (Å²) in [5.74, 6) is 1.16. The fourth-order valence-electron chi connectivity index (χ4n) is 3.07. The van der Waals surface area contributed by atoms with E-state index in [1.807, 2.05) is 0 Å². The number of hydrogen-bond acceptors (Lipinski definition) is 3. The molecule has 0 amide bonds. The van der Waals surface area contributed by atoms with Crippen molar-refractivity contribution in [3.63, 3.8) is 0 Å². The molecular formula is C14H27NO3S. The van der Waals surface area contributed by atoms with Crippen molar-refractivity contribution >= 4 is 10.1 Å². The molecule has 0 aromatic rings. The Morgan fingerprint density at radius 1 is 1.26 bits per heavy atom. The van der Waals surface area contributed by atoms with Crippen LogP contribution in [-0.4, -0.2) is 50.4 Å².